The van der Waals surface area contributed by atoms with Crippen LogP contribution in [0.5, 0.6) is 0 Å². The summed E-state index contributed by atoms with van der Waals surface area (Å²) in [6.45, 7) is 8.63. The second-order valence-corrected chi connectivity index (χ2v) is 10.8. The summed E-state index contributed by atoms with van der Waals surface area (Å²) in [6.07, 6.45) is 4.76. The van der Waals surface area contributed by atoms with E-state index in [1.54, 1.807) is 12.1 Å². The third-order valence-electron chi connectivity index (χ3n) is 6.27. The normalized spacial score (nSPS) is 28.9. The Morgan fingerprint density at radius 3 is 2.18 bits per heavy atom. The smallest absolute Gasteiger partial charge is 0.240 e. The standard InChI is InChI=1S/C22H34N2O3S/c1-16-4-10-21(11-5-16)28(26,27)23-13-19-6-8-20(9-7-19)22(25)24-14-17(2)12-18(3)15-24/h4-5,10-11,17-20,23H,6-9,12-15H2,1-3H3/t17-,18-,19?,20?/m0/s1. The zero-order chi connectivity index (χ0) is 20.3. The lowest BCUT2D eigenvalue weighted by Gasteiger charge is -2.38. The van der Waals surface area contributed by atoms with Crippen molar-refractivity contribution < 1.29 is 13.2 Å². The Kier molecular flexibility index (Phi) is 6.81. The van der Waals surface area contributed by atoms with Gasteiger partial charge in [-0.2, -0.15) is 0 Å². The van der Waals surface area contributed by atoms with Crippen LogP contribution in [0.15, 0.2) is 29.2 Å². The van der Waals surface area contributed by atoms with Crippen LogP contribution in [0.3, 0.4) is 0 Å². The van der Waals surface area contributed by atoms with Crippen molar-refractivity contribution in [2.45, 2.75) is 57.8 Å². The molecule has 2 atom stereocenters. The van der Waals surface area contributed by atoms with Crippen molar-refractivity contribution in [3.63, 3.8) is 0 Å². The van der Waals surface area contributed by atoms with Gasteiger partial charge in [0, 0.05) is 25.6 Å². The minimum atomic E-state index is -3.46. The summed E-state index contributed by atoms with van der Waals surface area (Å²) in [5.74, 6) is 1.91. The number of amides is 1. The van der Waals surface area contributed by atoms with E-state index >= 15 is 0 Å². The summed E-state index contributed by atoms with van der Waals surface area (Å²) in [5, 5.41) is 0. The second kappa shape index (κ2) is 8.95. The predicted octanol–water partition coefficient (Wildman–Crippen LogP) is 3.58. The van der Waals surface area contributed by atoms with Crippen molar-refractivity contribution in [1.82, 2.24) is 9.62 Å². The zero-order valence-corrected chi connectivity index (χ0v) is 18.2. The molecule has 1 aliphatic heterocycles. The molecule has 6 heteroatoms. The molecule has 1 heterocycles. The average Bonchev–Trinajstić information content (AvgIpc) is 2.66. The van der Waals surface area contributed by atoms with Crippen molar-refractivity contribution in [2.75, 3.05) is 19.6 Å². The number of piperidine rings is 1. The van der Waals surface area contributed by atoms with E-state index in [4.69, 9.17) is 0 Å². The minimum absolute atomic E-state index is 0.113. The van der Waals surface area contributed by atoms with Gasteiger partial charge in [0.2, 0.25) is 15.9 Å². The number of carbonyl (C=O) groups is 1. The van der Waals surface area contributed by atoms with Crippen molar-refractivity contribution in [3.8, 4) is 0 Å². The molecule has 28 heavy (non-hydrogen) atoms. The molecular formula is C22H34N2O3S. The van der Waals surface area contributed by atoms with Gasteiger partial charge in [-0.05, 0) is 68.9 Å². The third kappa shape index (κ3) is 5.35. The van der Waals surface area contributed by atoms with Gasteiger partial charge in [-0.25, -0.2) is 13.1 Å². The fourth-order valence-corrected chi connectivity index (χ4v) is 5.86. The lowest BCUT2D eigenvalue weighted by atomic mass is 9.80. The summed E-state index contributed by atoms with van der Waals surface area (Å²) in [4.78, 5) is 15.3. The number of nitrogens with one attached hydrogen (secondary N) is 1. The monoisotopic (exact) mass is 406 g/mol. The van der Waals surface area contributed by atoms with Crippen molar-refractivity contribution in [1.29, 1.82) is 0 Å². The van der Waals surface area contributed by atoms with Crippen LogP contribution in [-0.2, 0) is 14.8 Å². The van der Waals surface area contributed by atoms with Crippen LogP contribution in [0.2, 0.25) is 0 Å². The molecule has 1 saturated heterocycles. The topological polar surface area (TPSA) is 66.5 Å². The molecule has 3 rings (SSSR count). The van der Waals surface area contributed by atoms with Crippen LogP contribution in [0, 0.1) is 30.6 Å². The minimum Gasteiger partial charge on any atom is -0.342 e. The summed E-state index contributed by atoms with van der Waals surface area (Å²) >= 11 is 0. The number of nitrogens with zero attached hydrogens (tertiary/aromatic N) is 1. The van der Waals surface area contributed by atoms with Crippen molar-refractivity contribution in [2.24, 2.45) is 23.7 Å². The zero-order valence-electron chi connectivity index (χ0n) is 17.4. The Bertz CT molecular complexity index is 757. The summed E-state index contributed by atoms with van der Waals surface area (Å²) in [6, 6.07) is 6.92. The van der Waals surface area contributed by atoms with Gasteiger partial charge in [0.25, 0.3) is 0 Å². The van der Waals surface area contributed by atoms with E-state index in [1.165, 1.54) is 6.42 Å². The molecule has 0 spiro atoms. The Labute approximate surface area is 169 Å². The first-order chi connectivity index (χ1) is 13.2. The molecule has 1 aliphatic carbocycles. The lowest BCUT2D eigenvalue weighted by Crippen LogP contribution is -2.46. The first kappa shape index (κ1) is 21.3. The molecule has 0 bridgehead atoms. The van der Waals surface area contributed by atoms with Crippen LogP contribution in [-0.4, -0.2) is 38.9 Å². The van der Waals surface area contributed by atoms with Gasteiger partial charge in [0.1, 0.15) is 0 Å². The number of hydrogen-bond acceptors (Lipinski definition) is 3. The van der Waals surface area contributed by atoms with Gasteiger partial charge in [-0.1, -0.05) is 31.5 Å². The van der Waals surface area contributed by atoms with Crippen molar-refractivity contribution >= 4 is 15.9 Å². The summed E-state index contributed by atoms with van der Waals surface area (Å²) in [5.41, 5.74) is 1.04. The highest BCUT2D eigenvalue weighted by Gasteiger charge is 2.33. The number of aryl methyl sites for hydroxylation is 1. The van der Waals surface area contributed by atoms with Crippen molar-refractivity contribution in [3.05, 3.63) is 29.8 Å². The van der Waals surface area contributed by atoms with Gasteiger partial charge >= 0.3 is 0 Å². The fourth-order valence-electron chi connectivity index (χ4n) is 4.74. The Balaban J connectivity index is 1.47. The number of carbonyl (C=O) groups excluding carboxylic acids is 1. The van der Waals surface area contributed by atoms with E-state index in [0.29, 0.717) is 35.1 Å². The maximum absolute atomic E-state index is 12.9. The summed E-state index contributed by atoms with van der Waals surface area (Å²) < 4.78 is 27.7. The molecule has 1 amide bonds. The number of rotatable bonds is 5. The van der Waals surface area contributed by atoms with Gasteiger partial charge in [-0.3, -0.25) is 4.79 Å². The van der Waals surface area contributed by atoms with Crippen LogP contribution in [0.25, 0.3) is 0 Å². The molecule has 2 aliphatic rings. The second-order valence-electron chi connectivity index (χ2n) is 9.07. The van der Waals surface area contributed by atoms with E-state index in [9.17, 15) is 13.2 Å². The maximum Gasteiger partial charge on any atom is 0.240 e. The van der Waals surface area contributed by atoms with E-state index in [-0.39, 0.29) is 5.92 Å². The van der Waals surface area contributed by atoms with E-state index < -0.39 is 10.0 Å². The van der Waals surface area contributed by atoms with Gasteiger partial charge in [0.15, 0.2) is 0 Å². The molecule has 1 N–H and O–H groups in total. The summed E-state index contributed by atoms with van der Waals surface area (Å²) in [7, 11) is -3.46. The third-order valence-corrected chi connectivity index (χ3v) is 7.71. The molecule has 0 unspecified atom stereocenters. The Hall–Kier alpha value is -1.40. The first-order valence-corrected chi connectivity index (χ1v) is 12.1. The quantitative estimate of drug-likeness (QED) is 0.813. The number of benzene rings is 1. The molecule has 0 aromatic heterocycles. The molecule has 2 fully saturated rings. The first-order valence-electron chi connectivity index (χ1n) is 10.6. The predicted molar refractivity (Wildman–Crippen MR) is 111 cm³/mol. The average molecular weight is 407 g/mol. The maximum atomic E-state index is 12.9. The molecule has 1 saturated carbocycles. The van der Waals surface area contributed by atoms with E-state index in [1.807, 2.05) is 19.1 Å². The van der Waals surface area contributed by atoms with E-state index in [0.717, 1.165) is 44.3 Å². The number of likely N-dealkylation sites (tertiary alicyclic amines) is 1. The molecule has 5 nitrogen and oxygen atoms in total. The molecule has 1 aromatic carbocycles. The van der Waals surface area contributed by atoms with Crippen LogP contribution >= 0.6 is 0 Å². The molecule has 1 aromatic rings. The van der Waals surface area contributed by atoms with Crippen LogP contribution in [0.4, 0.5) is 0 Å². The van der Waals surface area contributed by atoms with E-state index in [2.05, 4.69) is 23.5 Å². The highest BCUT2D eigenvalue weighted by Crippen LogP contribution is 2.32. The van der Waals surface area contributed by atoms with Gasteiger partial charge < -0.3 is 4.90 Å². The van der Waals surface area contributed by atoms with Crippen LogP contribution < -0.4 is 4.72 Å². The molecular weight excluding hydrogens is 372 g/mol. The molecule has 156 valence electrons. The van der Waals surface area contributed by atoms with Gasteiger partial charge in [0.05, 0.1) is 4.90 Å². The Morgan fingerprint density at radius 1 is 1.04 bits per heavy atom. The largest absolute Gasteiger partial charge is 0.342 e. The fraction of sp³-hybridized carbons (Fsp3) is 0.682. The van der Waals surface area contributed by atoms with Crippen LogP contribution in [0.1, 0.15) is 51.5 Å². The number of sulfonamides is 1. The lowest BCUT2D eigenvalue weighted by molar-refractivity contribution is -0.139. The highest BCUT2D eigenvalue weighted by atomic mass is 32.2. The Morgan fingerprint density at radius 2 is 1.61 bits per heavy atom. The molecule has 0 radical (unpaired) electrons. The highest BCUT2D eigenvalue weighted by molar-refractivity contribution is 7.89. The SMILES string of the molecule is Cc1ccc(S(=O)(=O)NCC2CCC(C(=O)N3C[C@@H](C)C[C@H](C)C3)CC2)cc1. The number of hydrogen-bond donors (Lipinski definition) is 1. The van der Waals surface area contributed by atoms with Gasteiger partial charge in [-0.15, -0.1) is 0 Å².